The molecule has 8 heteroatoms. The van der Waals surface area contributed by atoms with E-state index in [0.29, 0.717) is 18.1 Å². The number of sulfonamides is 1. The van der Waals surface area contributed by atoms with Crippen LogP contribution in [0.4, 0.5) is 0 Å². The first-order chi connectivity index (χ1) is 10.7. The van der Waals surface area contributed by atoms with E-state index < -0.39 is 10.0 Å². The average molecular weight is 362 g/mol. The molecule has 0 unspecified atom stereocenters. The zero-order chi connectivity index (χ0) is 17.5. The first kappa shape index (κ1) is 19.9. The summed E-state index contributed by atoms with van der Waals surface area (Å²) in [5.41, 5.74) is 0.861. The maximum atomic E-state index is 11.9. The standard InChI is InChI=1S/C15H24ClN3O3S/c1-18(2)10-11-19(23(3,21)22)9-8-17-15(20)12-13-4-6-14(16)7-5-13/h4-7H,8-12H2,1-3H3,(H,17,20). The van der Waals surface area contributed by atoms with Crippen molar-refractivity contribution in [3.63, 3.8) is 0 Å². The van der Waals surface area contributed by atoms with E-state index in [2.05, 4.69) is 5.32 Å². The van der Waals surface area contributed by atoms with Gasteiger partial charge in [-0.25, -0.2) is 8.42 Å². The molecule has 0 aliphatic heterocycles. The van der Waals surface area contributed by atoms with Gasteiger partial charge in [0.15, 0.2) is 0 Å². The van der Waals surface area contributed by atoms with Crippen LogP contribution in [-0.2, 0) is 21.2 Å². The molecule has 0 aromatic heterocycles. The van der Waals surface area contributed by atoms with Crippen molar-refractivity contribution < 1.29 is 13.2 Å². The summed E-state index contributed by atoms with van der Waals surface area (Å²) in [6.07, 6.45) is 1.42. The topological polar surface area (TPSA) is 69.7 Å². The lowest BCUT2D eigenvalue weighted by Crippen LogP contribution is -2.41. The summed E-state index contributed by atoms with van der Waals surface area (Å²) in [6, 6.07) is 7.05. The van der Waals surface area contributed by atoms with Crippen LogP contribution >= 0.6 is 11.6 Å². The summed E-state index contributed by atoms with van der Waals surface area (Å²) in [5.74, 6) is -0.145. The fraction of sp³-hybridized carbons (Fsp3) is 0.533. The number of nitrogens with one attached hydrogen (secondary N) is 1. The molecule has 1 aromatic carbocycles. The van der Waals surface area contributed by atoms with E-state index in [0.717, 1.165) is 5.56 Å². The molecule has 1 N–H and O–H groups in total. The van der Waals surface area contributed by atoms with Crippen LogP contribution in [0.2, 0.25) is 5.02 Å². The zero-order valence-electron chi connectivity index (χ0n) is 13.8. The van der Waals surface area contributed by atoms with Gasteiger partial charge in [0.1, 0.15) is 0 Å². The van der Waals surface area contributed by atoms with Crippen LogP contribution in [0.25, 0.3) is 0 Å². The summed E-state index contributed by atoms with van der Waals surface area (Å²) in [4.78, 5) is 13.8. The molecule has 1 rings (SSSR count). The van der Waals surface area contributed by atoms with Crippen LogP contribution in [-0.4, -0.2) is 70.1 Å². The molecule has 0 bridgehead atoms. The second-order valence-corrected chi connectivity index (χ2v) is 8.04. The minimum absolute atomic E-state index is 0.145. The molecule has 130 valence electrons. The Labute approximate surface area is 143 Å². The molecule has 0 atom stereocenters. The fourth-order valence-electron chi connectivity index (χ4n) is 1.93. The van der Waals surface area contributed by atoms with Gasteiger partial charge in [0.25, 0.3) is 0 Å². The Morgan fingerprint density at radius 1 is 1.13 bits per heavy atom. The maximum absolute atomic E-state index is 11.9. The molecular formula is C15H24ClN3O3S. The molecular weight excluding hydrogens is 338 g/mol. The minimum atomic E-state index is -3.28. The van der Waals surface area contributed by atoms with Crippen LogP contribution < -0.4 is 5.32 Å². The molecule has 1 aromatic rings. The van der Waals surface area contributed by atoms with Gasteiger partial charge in [-0.05, 0) is 31.8 Å². The van der Waals surface area contributed by atoms with Gasteiger partial charge in [-0.15, -0.1) is 0 Å². The normalized spacial score (nSPS) is 11.9. The highest BCUT2D eigenvalue weighted by Crippen LogP contribution is 2.09. The van der Waals surface area contributed by atoms with E-state index in [4.69, 9.17) is 11.6 Å². The van der Waals surface area contributed by atoms with Crippen molar-refractivity contribution in [1.82, 2.24) is 14.5 Å². The van der Waals surface area contributed by atoms with Gasteiger partial charge in [0, 0.05) is 31.2 Å². The fourth-order valence-corrected chi connectivity index (χ4v) is 2.89. The van der Waals surface area contributed by atoms with E-state index in [1.165, 1.54) is 10.6 Å². The summed E-state index contributed by atoms with van der Waals surface area (Å²) in [5, 5.41) is 3.37. The smallest absolute Gasteiger partial charge is 0.224 e. The molecule has 6 nitrogen and oxygen atoms in total. The molecule has 23 heavy (non-hydrogen) atoms. The van der Waals surface area contributed by atoms with Gasteiger partial charge < -0.3 is 10.2 Å². The molecule has 1 amide bonds. The number of halogens is 1. The number of amides is 1. The lowest BCUT2D eigenvalue weighted by molar-refractivity contribution is -0.120. The molecule has 0 heterocycles. The Kier molecular flexibility index (Phi) is 7.98. The Bertz CT molecular complexity index is 603. The van der Waals surface area contributed by atoms with Crippen molar-refractivity contribution in [3.8, 4) is 0 Å². The summed E-state index contributed by atoms with van der Waals surface area (Å²) in [7, 11) is 0.485. The second-order valence-electron chi connectivity index (χ2n) is 5.62. The number of hydrogen-bond acceptors (Lipinski definition) is 4. The van der Waals surface area contributed by atoms with Gasteiger partial charge in [0.2, 0.25) is 15.9 Å². The summed E-state index contributed by atoms with van der Waals surface area (Å²) < 4.78 is 24.8. The largest absolute Gasteiger partial charge is 0.354 e. The van der Waals surface area contributed by atoms with E-state index in [9.17, 15) is 13.2 Å². The van der Waals surface area contributed by atoms with Gasteiger partial charge in [-0.3, -0.25) is 4.79 Å². The lowest BCUT2D eigenvalue weighted by Gasteiger charge is -2.22. The van der Waals surface area contributed by atoms with Crippen LogP contribution in [0.3, 0.4) is 0 Å². The van der Waals surface area contributed by atoms with Crippen LogP contribution in [0, 0.1) is 0 Å². The monoisotopic (exact) mass is 361 g/mol. The first-order valence-corrected chi connectivity index (χ1v) is 9.52. The van der Waals surface area contributed by atoms with Crippen LogP contribution in [0.5, 0.6) is 0 Å². The Hall–Kier alpha value is -1.15. The predicted octanol–water partition coefficient (Wildman–Crippen LogP) is 0.822. The minimum Gasteiger partial charge on any atom is -0.354 e. The number of carbonyl (C=O) groups excluding carboxylic acids is 1. The first-order valence-electron chi connectivity index (χ1n) is 7.29. The molecule has 0 radical (unpaired) electrons. The van der Waals surface area contributed by atoms with Crippen molar-refractivity contribution in [2.45, 2.75) is 6.42 Å². The molecule has 0 saturated heterocycles. The number of benzene rings is 1. The third-order valence-corrected chi connectivity index (χ3v) is 4.78. The van der Waals surface area contributed by atoms with Crippen molar-refractivity contribution in [2.24, 2.45) is 0 Å². The van der Waals surface area contributed by atoms with Gasteiger partial charge >= 0.3 is 0 Å². The molecule has 0 aliphatic rings. The zero-order valence-corrected chi connectivity index (χ0v) is 15.3. The number of rotatable bonds is 9. The van der Waals surface area contributed by atoms with E-state index in [1.807, 2.05) is 19.0 Å². The summed E-state index contributed by atoms with van der Waals surface area (Å²) in [6.45, 7) is 1.58. The number of nitrogens with zero attached hydrogens (tertiary/aromatic N) is 2. The van der Waals surface area contributed by atoms with Crippen molar-refractivity contribution in [2.75, 3.05) is 46.5 Å². The highest BCUT2D eigenvalue weighted by atomic mass is 35.5. The number of hydrogen-bond donors (Lipinski definition) is 1. The van der Waals surface area contributed by atoms with E-state index in [1.54, 1.807) is 24.3 Å². The van der Waals surface area contributed by atoms with E-state index in [-0.39, 0.29) is 25.4 Å². The predicted molar refractivity (Wildman–Crippen MR) is 93.1 cm³/mol. The van der Waals surface area contributed by atoms with Gasteiger partial charge in [-0.2, -0.15) is 4.31 Å². The Morgan fingerprint density at radius 2 is 1.74 bits per heavy atom. The molecule has 0 aliphatic carbocycles. The number of likely N-dealkylation sites (N-methyl/N-ethyl adjacent to an activating group) is 1. The third-order valence-electron chi connectivity index (χ3n) is 3.23. The summed E-state index contributed by atoms with van der Waals surface area (Å²) >= 11 is 5.79. The highest BCUT2D eigenvalue weighted by Gasteiger charge is 2.16. The lowest BCUT2D eigenvalue weighted by atomic mass is 10.1. The van der Waals surface area contributed by atoms with Crippen molar-refractivity contribution >= 4 is 27.5 Å². The van der Waals surface area contributed by atoms with Crippen LogP contribution in [0.15, 0.2) is 24.3 Å². The quantitative estimate of drug-likeness (QED) is 0.707. The molecule has 0 spiro atoms. The number of carbonyl (C=O) groups is 1. The van der Waals surface area contributed by atoms with Crippen molar-refractivity contribution in [3.05, 3.63) is 34.9 Å². The SMILES string of the molecule is CN(C)CCN(CCNC(=O)Cc1ccc(Cl)cc1)S(C)(=O)=O. The van der Waals surface area contributed by atoms with E-state index >= 15 is 0 Å². The second kappa shape index (κ2) is 9.22. The Balaban J connectivity index is 2.42. The van der Waals surface area contributed by atoms with Crippen molar-refractivity contribution in [1.29, 1.82) is 0 Å². The molecule has 0 fully saturated rings. The molecule has 0 saturated carbocycles. The average Bonchev–Trinajstić information content (AvgIpc) is 2.43. The van der Waals surface area contributed by atoms with Crippen LogP contribution in [0.1, 0.15) is 5.56 Å². The highest BCUT2D eigenvalue weighted by molar-refractivity contribution is 7.88. The van der Waals surface area contributed by atoms with Gasteiger partial charge in [-0.1, -0.05) is 23.7 Å². The third kappa shape index (κ3) is 8.31. The van der Waals surface area contributed by atoms with Gasteiger partial charge in [0.05, 0.1) is 12.7 Å². The Morgan fingerprint density at radius 3 is 2.26 bits per heavy atom. The maximum Gasteiger partial charge on any atom is 0.224 e.